The van der Waals surface area contributed by atoms with Crippen LogP contribution in [0.25, 0.3) is 105 Å². The number of benzene rings is 8. The van der Waals surface area contributed by atoms with Crippen LogP contribution < -0.4 is 0 Å². The molecule has 54 heavy (non-hydrogen) atoms. The summed E-state index contributed by atoms with van der Waals surface area (Å²) in [6.45, 7) is 0. The molecule has 0 spiro atoms. The van der Waals surface area contributed by atoms with Crippen molar-refractivity contribution in [1.82, 2.24) is 19.5 Å². The predicted molar refractivity (Wildman–Crippen MR) is 221 cm³/mol. The van der Waals surface area contributed by atoms with Crippen LogP contribution in [0.2, 0.25) is 0 Å². The largest absolute Gasteiger partial charge is 0.455 e. The summed E-state index contributed by atoms with van der Waals surface area (Å²) in [5.41, 5.74) is 9.84. The van der Waals surface area contributed by atoms with E-state index in [1.807, 2.05) is 72.8 Å². The highest BCUT2D eigenvalue weighted by Gasteiger charge is 2.23. The smallest absolute Gasteiger partial charge is 0.167 e. The molecule has 0 unspecified atom stereocenters. The fourth-order valence-electron chi connectivity index (χ4n) is 7.96. The molecule has 0 amide bonds. The van der Waals surface area contributed by atoms with Gasteiger partial charge in [0.15, 0.2) is 17.5 Å². The molecule has 5 nitrogen and oxygen atoms in total. The van der Waals surface area contributed by atoms with Gasteiger partial charge in [-0.2, -0.15) is 0 Å². The number of hydrogen-bond acceptors (Lipinski definition) is 4. The average Bonchev–Trinajstić information content (AvgIpc) is 3.81. The molecule has 0 aliphatic heterocycles. The van der Waals surface area contributed by atoms with Crippen LogP contribution >= 0.6 is 0 Å². The van der Waals surface area contributed by atoms with Gasteiger partial charge in [0, 0.05) is 27.3 Å². The molecule has 252 valence electrons. The summed E-state index contributed by atoms with van der Waals surface area (Å²) < 4.78 is 9.23. The SMILES string of the molecule is c1ccc(-c2ccc3c(c2)c2c4ccccc4ccc2n3-c2ccc(-c3nc(-c4ccccc4)nc(-c4ccccc4)n3)c3oc4ccccc4c23)cc1. The molecule has 0 saturated heterocycles. The van der Waals surface area contributed by atoms with Gasteiger partial charge in [0.25, 0.3) is 0 Å². The molecule has 8 aromatic carbocycles. The molecule has 11 aromatic rings. The van der Waals surface area contributed by atoms with Gasteiger partial charge in [-0.3, -0.25) is 0 Å². The highest BCUT2D eigenvalue weighted by molar-refractivity contribution is 6.23. The first-order valence-electron chi connectivity index (χ1n) is 18.1. The number of furan rings is 1. The third-order valence-electron chi connectivity index (χ3n) is 10.4. The van der Waals surface area contributed by atoms with E-state index in [0.717, 1.165) is 55.3 Å². The summed E-state index contributed by atoms with van der Waals surface area (Å²) in [6, 6.07) is 63.3. The first kappa shape index (κ1) is 30.3. The zero-order valence-electron chi connectivity index (χ0n) is 29.0. The minimum atomic E-state index is 0.555. The number of hydrogen-bond donors (Lipinski definition) is 0. The predicted octanol–water partition coefficient (Wildman–Crippen LogP) is 12.7. The summed E-state index contributed by atoms with van der Waals surface area (Å²) >= 11 is 0. The quantitative estimate of drug-likeness (QED) is 0.180. The summed E-state index contributed by atoms with van der Waals surface area (Å²) in [5, 5.41) is 6.89. The van der Waals surface area contributed by atoms with Crippen molar-refractivity contribution in [2.45, 2.75) is 0 Å². The van der Waals surface area contributed by atoms with Gasteiger partial charge in [-0.25, -0.2) is 15.0 Å². The molecule has 0 radical (unpaired) electrons. The van der Waals surface area contributed by atoms with Gasteiger partial charge in [-0.15, -0.1) is 0 Å². The van der Waals surface area contributed by atoms with Crippen LogP contribution in [0.1, 0.15) is 0 Å². The first-order chi connectivity index (χ1) is 26.8. The van der Waals surface area contributed by atoms with Crippen LogP contribution in [0, 0.1) is 0 Å². The number of aromatic nitrogens is 4. The molecule has 0 aliphatic rings. The number of fused-ring (bicyclic) bond motifs is 8. The Bertz CT molecular complexity index is 3140. The van der Waals surface area contributed by atoms with E-state index in [1.54, 1.807) is 0 Å². The molecule has 3 aromatic heterocycles. The second kappa shape index (κ2) is 12.1. The lowest BCUT2D eigenvalue weighted by Gasteiger charge is -2.13. The maximum absolute atomic E-state index is 6.83. The molecular weight excluding hydrogens is 661 g/mol. The molecule has 0 N–H and O–H groups in total. The van der Waals surface area contributed by atoms with Crippen molar-refractivity contribution >= 4 is 54.5 Å². The number of para-hydroxylation sites is 1. The summed E-state index contributed by atoms with van der Waals surface area (Å²) in [4.78, 5) is 15.1. The van der Waals surface area contributed by atoms with Crippen molar-refractivity contribution in [3.05, 3.63) is 182 Å². The molecule has 3 heterocycles. The molecule has 0 fully saturated rings. The summed E-state index contributed by atoms with van der Waals surface area (Å²) in [5.74, 6) is 1.77. The lowest BCUT2D eigenvalue weighted by molar-refractivity contribution is 0.669. The van der Waals surface area contributed by atoms with E-state index in [0.29, 0.717) is 17.5 Å². The monoisotopic (exact) mass is 690 g/mol. The number of nitrogens with zero attached hydrogens (tertiary/aromatic N) is 4. The Balaban J connectivity index is 1.22. The normalized spacial score (nSPS) is 11.7. The second-order valence-corrected chi connectivity index (χ2v) is 13.6. The topological polar surface area (TPSA) is 56.7 Å². The standard InChI is InChI=1S/C49H30N4O/c1-4-14-31(15-5-1)35-25-27-40-39(30-35)44-36-21-11-10-16-32(36)24-28-41(44)53(40)42-29-26-38(46-45(42)37-22-12-13-23-43(37)54-46)49-51-47(33-17-6-2-7-18-33)50-48(52-49)34-19-8-3-9-20-34/h1-30H. The van der Waals surface area contributed by atoms with Crippen molar-refractivity contribution in [2.75, 3.05) is 0 Å². The summed E-state index contributed by atoms with van der Waals surface area (Å²) in [6.07, 6.45) is 0. The Hall–Kier alpha value is -7.37. The van der Waals surface area contributed by atoms with Gasteiger partial charge in [-0.1, -0.05) is 146 Å². The molecule has 0 bridgehead atoms. The fourth-order valence-corrected chi connectivity index (χ4v) is 7.96. The zero-order chi connectivity index (χ0) is 35.6. The van der Waals surface area contributed by atoms with Crippen LogP contribution in [0.3, 0.4) is 0 Å². The van der Waals surface area contributed by atoms with Gasteiger partial charge in [0.05, 0.1) is 27.7 Å². The molecule has 0 saturated carbocycles. The van der Waals surface area contributed by atoms with Crippen LogP contribution in [-0.2, 0) is 0 Å². The van der Waals surface area contributed by atoms with Crippen molar-refractivity contribution in [3.8, 4) is 51.0 Å². The van der Waals surface area contributed by atoms with E-state index in [-0.39, 0.29) is 0 Å². The van der Waals surface area contributed by atoms with E-state index in [2.05, 4.69) is 114 Å². The Morgan fingerprint density at radius 3 is 1.70 bits per heavy atom. The van der Waals surface area contributed by atoms with E-state index in [1.165, 1.54) is 32.7 Å². The van der Waals surface area contributed by atoms with E-state index in [9.17, 15) is 0 Å². The summed E-state index contributed by atoms with van der Waals surface area (Å²) in [7, 11) is 0. The Labute approximate surface area is 310 Å². The Morgan fingerprint density at radius 1 is 0.389 bits per heavy atom. The first-order valence-corrected chi connectivity index (χ1v) is 18.1. The highest BCUT2D eigenvalue weighted by Crippen LogP contribution is 2.44. The highest BCUT2D eigenvalue weighted by atomic mass is 16.3. The maximum Gasteiger partial charge on any atom is 0.167 e. The van der Waals surface area contributed by atoms with Crippen LogP contribution in [0.5, 0.6) is 0 Å². The number of rotatable bonds is 5. The third-order valence-corrected chi connectivity index (χ3v) is 10.4. The maximum atomic E-state index is 6.83. The van der Waals surface area contributed by atoms with Crippen LogP contribution in [0.15, 0.2) is 186 Å². The Morgan fingerprint density at radius 2 is 0.981 bits per heavy atom. The van der Waals surface area contributed by atoms with Gasteiger partial charge in [0.1, 0.15) is 11.2 Å². The van der Waals surface area contributed by atoms with Crippen LogP contribution in [0.4, 0.5) is 0 Å². The molecule has 0 aliphatic carbocycles. The van der Waals surface area contributed by atoms with Crippen molar-refractivity contribution in [1.29, 1.82) is 0 Å². The van der Waals surface area contributed by atoms with Gasteiger partial charge in [-0.05, 0) is 58.3 Å². The van der Waals surface area contributed by atoms with Crippen molar-refractivity contribution in [2.24, 2.45) is 0 Å². The minimum Gasteiger partial charge on any atom is -0.455 e. The van der Waals surface area contributed by atoms with Crippen LogP contribution in [-0.4, -0.2) is 19.5 Å². The van der Waals surface area contributed by atoms with Gasteiger partial charge in [0.2, 0.25) is 0 Å². The molecule has 0 atom stereocenters. The van der Waals surface area contributed by atoms with Crippen molar-refractivity contribution in [3.63, 3.8) is 0 Å². The molecule has 11 rings (SSSR count). The lowest BCUT2D eigenvalue weighted by Crippen LogP contribution is -2.01. The van der Waals surface area contributed by atoms with Gasteiger partial charge < -0.3 is 8.98 Å². The van der Waals surface area contributed by atoms with Crippen molar-refractivity contribution < 1.29 is 4.42 Å². The van der Waals surface area contributed by atoms with E-state index < -0.39 is 0 Å². The van der Waals surface area contributed by atoms with Gasteiger partial charge >= 0.3 is 0 Å². The second-order valence-electron chi connectivity index (χ2n) is 13.6. The Kier molecular flexibility index (Phi) is 6.79. The molecule has 5 heteroatoms. The lowest BCUT2D eigenvalue weighted by atomic mass is 10.0. The third kappa shape index (κ3) is 4.76. The fraction of sp³-hybridized carbons (Fsp3) is 0. The average molecular weight is 691 g/mol. The zero-order valence-corrected chi connectivity index (χ0v) is 29.0. The molecular formula is C49H30N4O. The minimum absolute atomic E-state index is 0.555. The van der Waals surface area contributed by atoms with E-state index in [4.69, 9.17) is 19.4 Å². The van der Waals surface area contributed by atoms with E-state index >= 15 is 0 Å².